The smallest absolute Gasteiger partial charge is 0.256 e. The van der Waals surface area contributed by atoms with Crippen LogP contribution in [0.15, 0.2) is 36.9 Å². The number of benzene rings is 1. The van der Waals surface area contributed by atoms with Gasteiger partial charge in [0.15, 0.2) is 5.72 Å². The average molecular weight is 401 g/mol. The van der Waals surface area contributed by atoms with E-state index in [0.29, 0.717) is 16.3 Å². The van der Waals surface area contributed by atoms with E-state index in [2.05, 4.69) is 15.3 Å². The highest BCUT2D eigenvalue weighted by Gasteiger charge is 2.74. The highest BCUT2D eigenvalue weighted by atomic mass is 35.5. The lowest BCUT2D eigenvalue weighted by Gasteiger charge is -2.68. The number of nitrogens with zero attached hydrogens (tertiary/aromatic N) is 3. The number of carbonyl (C=O) groups is 1. The molecule has 0 unspecified atom stereocenters. The molecule has 28 heavy (non-hydrogen) atoms. The Labute approximate surface area is 168 Å². The van der Waals surface area contributed by atoms with Gasteiger partial charge in [-0.05, 0) is 12.1 Å². The fourth-order valence-electron chi connectivity index (χ4n) is 4.10. The van der Waals surface area contributed by atoms with Crippen molar-refractivity contribution in [3.8, 4) is 11.8 Å². The first-order valence-corrected chi connectivity index (χ1v) is 9.08. The van der Waals surface area contributed by atoms with Crippen molar-refractivity contribution in [2.24, 2.45) is 10.8 Å². The zero-order valence-corrected chi connectivity index (χ0v) is 16.8. The third-order valence-corrected chi connectivity index (χ3v) is 5.92. The first kappa shape index (κ1) is 20.1. The number of nitrogens with one attached hydrogen (secondary N) is 1. The Bertz CT molecular complexity index is 938. The zero-order chi connectivity index (χ0) is 20.7. The molecule has 1 aromatic heterocycles. The molecule has 146 valence electrons. The van der Waals surface area contributed by atoms with E-state index in [1.165, 1.54) is 18.7 Å². The number of rotatable bonds is 4. The summed E-state index contributed by atoms with van der Waals surface area (Å²) in [7, 11) is 0. The fourth-order valence-corrected chi connectivity index (χ4v) is 4.31. The van der Waals surface area contributed by atoms with Gasteiger partial charge in [-0.1, -0.05) is 39.3 Å². The van der Waals surface area contributed by atoms with Gasteiger partial charge in [0.1, 0.15) is 24.3 Å². The van der Waals surface area contributed by atoms with Crippen LogP contribution in [0.1, 0.15) is 43.6 Å². The van der Waals surface area contributed by atoms with Gasteiger partial charge in [-0.25, -0.2) is 9.97 Å². The van der Waals surface area contributed by atoms with Crippen LogP contribution >= 0.6 is 11.6 Å². The molecule has 0 bridgehead atoms. The van der Waals surface area contributed by atoms with Gasteiger partial charge in [0.05, 0.1) is 27.0 Å². The Kier molecular flexibility index (Phi) is 4.82. The summed E-state index contributed by atoms with van der Waals surface area (Å²) >= 11 is 6.09. The van der Waals surface area contributed by atoms with E-state index < -0.39 is 28.6 Å². The summed E-state index contributed by atoms with van der Waals surface area (Å²) in [6.07, 6.45) is 3.67. The predicted octanol–water partition coefficient (Wildman–Crippen LogP) is 2.93. The first-order chi connectivity index (χ1) is 13.0. The van der Waals surface area contributed by atoms with E-state index in [4.69, 9.17) is 21.6 Å². The summed E-state index contributed by atoms with van der Waals surface area (Å²) in [5, 5.41) is 23.4. The van der Waals surface area contributed by atoms with Crippen molar-refractivity contribution in [3.63, 3.8) is 0 Å². The van der Waals surface area contributed by atoms with Crippen LogP contribution in [-0.4, -0.2) is 32.8 Å². The topological polar surface area (TPSA) is 108 Å². The fraction of sp³-hybridized carbons (Fsp3) is 0.400. The number of hydrogen-bond acceptors (Lipinski definition) is 6. The molecule has 1 saturated carbocycles. The van der Waals surface area contributed by atoms with Crippen LogP contribution in [-0.2, 0) is 0 Å². The van der Waals surface area contributed by atoms with Crippen molar-refractivity contribution in [1.29, 1.82) is 5.26 Å². The molecule has 0 saturated heterocycles. The second kappa shape index (κ2) is 6.73. The van der Waals surface area contributed by atoms with E-state index in [0.717, 1.165) is 0 Å². The summed E-state index contributed by atoms with van der Waals surface area (Å²) in [5.41, 5.74) is -2.56. The lowest BCUT2D eigenvalue weighted by atomic mass is 9.46. The van der Waals surface area contributed by atoms with E-state index in [1.54, 1.807) is 18.2 Å². The number of aliphatic hydroxyl groups is 1. The van der Waals surface area contributed by atoms with Crippen LogP contribution < -0.4 is 10.1 Å². The molecule has 1 aliphatic carbocycles. The van der Waals surface area contributed by atoms with Gasteiger partial charge in [0, 0.05) is 18.5 Å². The standard InChI is InChI=1S/C20H21ClN4O3/c1-18(2)17(28-14-6-5-12(8-22)15(21)7-14)19(3,4)20(18,27)25-16(26)13-9-23-11-24-10-13/h5-7,9-11,17,27H,1-4H3,(H,25,26). The monoisotopic (exact) mass is 400 g/mol. The summed E-state index contributed by atoms with van der Waals surface area (Å²) < 4.78 is 6.11. The van der Waals surface area contributed by atoms with Crippen molar-refractivity contribution in [1.82, 2.24) is 15.3 Å². The molecule has 1 aliphatic rings. The Hall–Kier alpha value is -2.69. The maximum Gasteiger partial charge on any atom is 0.256 e. The van der Waals surface area contributed by atoms with Crippen LogP contribution in [0, 0.1) is 22.2 Å². The Morgan fingerprint density at radius 3 is 2.39 bits per heavy atom. The normalized spacial score (nSPS) is 24.5. The maximum atomic E-state index is 12.6. The molecule has 2 aromatic rings. The molecule has 1 fully saturated rings. The van der Waals surface area contributed by atoms with Crippen molar-refractivity contribution in [2.45, 2.75) is 39.5 Å². The number of halogens is 1. The third-order valence-electron chi connectivity index (χ3n) is 5.61. The minimum absolute atomic E-state index is 0.255. The number of amides is 1. The molecule has 3 rings (SSSR count). The molecule has 0 radical (unpaired) electrons. The number of carbonyl (C=O) groups excluding carboxylic acids is 1. The van der Waals surface area contributed by atoms with Gasteiger partial charge in [-0.15, -0.1) is 0 Å². The van der Waals surface area contributed by atoms with Crippen molar-refractivity contribution >= 4 is 17.5 Å². The molecule has 1 heterocycles. The Balaban J connectivity index is 1.84. The van der Waals surface area contributed by atoms with Gasteiger partial charge in [0.25, 0.3) is 5.91 Å². The quantitative estimate of drug-likeness (QED) is 0.764. The van der Waals surface area contributed by atoms with Crippen LogP contribution in [0.5, 0.6) is 5.75 Å². The van der Waals surface area contributed by atoms with Gasteiger partial charge >= 0.3 is 0 Å². The van der Waals surface area contributed by atoms with E-state index in [1.807, 2.05) is 33.8 Å². The summed E-state index contributed by atoms with van der Waals surface area (Å²) in [6.45, 7) is 7.26. The van der Waals surface area contributed by atoms with E-state index in [-0.39, 0.29) is 5.56 Å². The molecular formula is C20H21ClN4O3. The van der Waals surface area contributed by atoms with Gasteiger partial charge in [0.2, 0.25) is 0 Å². The van der Waals surface area contributed by atoms with Crippen LogP contribution in [0.25, 0.3) is 0 Å². The van der Waals surface area contributed by atoms with Crippen LogP contribution in [0.2, 0.25) is 5.02 Å². The van der Waals surface area contributed by atoms with E-state index >= 15 is 0 Å². The Morgan fingerprint density at radius 2 is 1.86 bits per heavy atom. The summed E-state index contributed by atoms with van der Waals surface area (Å²) in [5.74, 6) is 0.0177. The molecule has 1 amide bonds. The SMILES string of the molecule is CC1(C)C(Oc2ccc(C#N)c(Cl)c2)C(C)(C)C1(O)NC(=O)c1cncnc1. The highest BCUT2D eigenvalue weighted by molar-refractivity contribution is 6.31. The molecule has 7 nitrogen and oxygen atoms in total. The average Bonchev–Trinajstić information content (AvgIpc) is 2.66. The predicted molar refractivity (Wildman–Crippen MR) is 103 cm³/mol. The molecule has 2 N–H and O–H groups in total. The second-order valence-electron chi connectivity index (χ2n) is 7.99. The minimum atomic E-state index is -1.53. The first-order valence-electron chi connectivity index (χ1n) is 8.71. The zero-order valence-electron chi connectivity index (χ0n) is 16.0. The van der Waals surface area contributed by atoms with Crippen LogP contribution in [0.3, 0.4) is 0 Å². The van der Waals surface area contributed by atoms with E-state index in [9.17, 15) is 9.90 Å². The molecular weight excluding hydrogens is 380 g/mol. The molecule has 0 spiro atoms. The number of aromatic nitrogens is 2. The van der Waals surface area contributed by atoms with Crippen LogP contribution in [0.4, 0.5) is 0 Å². The van der Waals surface area contributed by atoms with Gasteiger partial charge in [-0.3, -0.25) is 4.79 Å². The van der Waals surface area contributed by atoms with Crippen molar-refractivity contribution in [3.05, 3.63) is 53.1 Å². The van der Waals surface area contributed by atoms with Crippen molar-refractivity contribution < 1.29 is 14.6 Å². The highest BCUT2D eigenvalue weighted by Crippen LogP contribution is 2.61. The van der Waals surface area contributed by atoms with Crippen molar-refractivity contribution in [2.75, 3.05) is 0 Å². The van der Waals surface area contributed by atoms with Gasteiger partial charge < -0.3 is 15.2 Å². The minimum Gasteiger partial charge on any atom is -0.489 e. The maximum absolute atomic E-state index is 12.6. The third kappa shape index (κ3) is 2.89. The Morgan fingerprint density at radius 1 is 1.25 bits per heavy atom. The lowest BCUT2D eigenvalue weighted by molar-refractivity contribution is -0.319. The number of hydrogen-bond donors (Lipinski definition) is 2. The molecule has 1 aromatic carbocycles. The molecule has 8 heteroatoms. The molecule has 0 aliphatic heterocycles. The number of nitriles is 1. The second-order valence-corrected chi connectivity index (χ2v) is 8.39. The van der Waals surface area contributed by atoms with Gasteiger partial charge in [-0.2, -0.15) is 5.26 Å². The summed E-state index contributed by atoms with van der Waals surface area (Å²) in [6, 6.07) is 6.82. The molecule has 0 atom stereocenters. The lowest BCUT2D eigenvalue weighted by Crippen LogP contribution is -2.83. The number of ether oxygens (including phenoxy) is 1. The largest absolute Gasteiger partial charge is 0.489 e. The summed E-state index contributed by atoms with van der Waals surface area (Å²) in [4.78, 5) is 20.2.